The molecule has 2 saturated carbocycles. The van der Waals surface area contributed by atoms with Crippen LogP contribution < -0.4 is 20.7 Å². The first kappa shape index (κ1) is 34.2. The maximum atomic E-state index is 14.0. The summed E-state index contributed by atoms with van der Waals surface area (Å²) < 4.78 is 16.5. The van der Waals surface area contributed by atoms with Crippen molar-refractivity contribution in [2.24, 2.45) is 0 Å². The average molecular weight is 602 g/mol. The minimum Gasteiger partial charge on any atom is -0.488 e. The molecule has 3 amide bonds. The van der Waals surface area contributed by atoms with Gasteiger partial charge in [0, 0.05) is 6.42 Å². The molecule has 0 heterocycles. The number of hydrogen-bond donors (Lipinski definition) is 3. The molecule has 0 bridgehead atoms. The molecule has 43 heavy (non-hydrogen) atoms. The minimum atomic E-state index is -1.22. The summed E-state index contributed by atoms with van der Waals surface area (Å²) >= 11 is 0. The lowest BCUT2D eigenvalue weighted by atomic mass is 9.77. The van der Waals surface area contributed by atoms with Crippen molar-refractivity contribution in [1.29, 1.82) is 0 Å². The van der Waals surface area contributed by atoms with E-state index in [2.05, 4.69) is 16.0 Å². The normalized spacial score (nSPS) is 18.9. The highest BCUT2D eigenvalue weighted by Gasteiger charge is 2.49. The third-order valence-corrected chi connectivity index (χ3v) is 7.93. The Hall–Kier alpha value is -3.30. The molecule has 0 saturated heterocycles. The third-order valence-electron chi connectivity index (χ3n) is 7.93. The lowest BCUT2D eigenvalue weighted by Crippen LogP contribution is -2.67. The first-order valence-corrected chi connectivity index (χ1v) is 15.6. The quantitative estimate of drug-likeness (QED) is 0.335. The molecule has 10 heteroatoms. The van der Waals surface area contributed by atoms with Gasteiger partial charge in [0.25, 0.3) is 0 Å². The van der Waals surface area contributed by atoms with E-state index in [0.29, 0.717) is 31.4 Å². The molecular weight excluding hydrogens is 550 g/mol. The van der Waals surface area contributed by atoms with Crippen molar-refractivity contribution in [2.45, 2.75) is 140 Å². The van der Waals surface area contributed by atoms with E-state index in [1.54, 1.807) is 20.8 Å². The fraction of sp³-hybridized carbons (Fsp3) is 0.697. The summed E-state index contributed by atoms with van der Waals surface area (Å²) in [5.74, 6) is -0.639. The molecule has 1 aromatic carbocycles. The summed E-state index contributed by atoms with van der Waals surface area (Å²) in [6.45, 7) is 11.1. The molecule has 0 aliphatic heterocycles. The fourth-order valence-electron chi connectivity index (χ4n) is 5.90. The van der Waals surface area contributed by atoms with Gasteiger partial charge in [-0.3, -0.25) is 9.59 Å². The molecular formula is C33H51N3O7. The van der Waals surface area contributed by atoms with E-state index < -0.39 is 40.7 Å². The Morgan fingerprint density at radius 1 is 0.767 bits per heavy atom. The van der Waals surface area contributed by atoms with Gasteiger partial charge in [-0.15, -0.1) is 0 Å². The molecule has 240 valence electrons. The Morgan fingerprint density at radius 2 is 1.30 bits per heavy atom. The van der Waals surface area contributed by atoms with Gasteiger partial charge in [0.05, 0.1) is 7.11 Å². The Labute approximate surface area is 256 Å². The largest absolute Gasteiger partial charge is 0.488 e. The molecule has 2 fully saturated rings. The zero-order chi connectivity index (χ0) is 31.9. The average Bonchev–Trinajstić information content (AvgIpc) is 2.92. The molecule has 3 rings (SSSR count). The van der Waals surface area contributed by atoms with Gasteiger partial charge in [0.1, 0.15) is 34.1 Å². The van der Waals surface area contributed by atoms with E-state index in [0.717, 1.165) is 44.1 Å². The number of methoxy groups -OCH3 is 1. The highest BCUT2D eigenvalue weighted by molar-refractivity contribution is 5.97. The number of hydrogen-bond acceptors (Lipinski definition) is 7. The van der Waals surface area contributed by atoms with Crippen LogP contribution in [0.2, 0.25) is 0 Å². The number of ether oxygens (including phenoxy) is 3. The second-order valence-electron chi connectivity index (χ2n) is 14.0. The first-order valence-electron chi connectivity index (χ1n) is 15.6. The Kier molecular flexibility index (Phi) is 11.1. The molecule has 2 aliphatic carbocycles. The van der Waals surface area contributed by atoms with Gasteiger partial charge < -0.3 is 30.2 Å². The van der Waals surface area contributed by atoms with Crippen molar-refractivity contribution in [3.05, 3.63) is 29.8 Å². The van der Waals surface area contributed by atoms with Crippen LogP contribution in [0.1, 0.15) is 111 Å². The number of alkyl carbamates (subject to hydrolysis) is 1. The van der Waals surface area contributed by atoms with E-state index >= 15 is 0 Å². The lowest BCUT2D eigenvalue weighted by molar-refractivity contribution is -0.154. The van der Waals surface area contributed by atoms with Gasteiger partial charge in [-0.1, -0.05) is 50.7 Å². The van der Waals surface area contributed by atoms with E-state index in [9.17, 15) is 19.2 Å². The number of esters is 1. The third kappa shape index (κ3) is 9.86. The monoisotopic (exact) mass is 601 g/mol. The maximum absolute atomic E-state index is 14.0. The molecule has 1 aromatic rings. The number of benzene rings is 1. The Balaban J connectivity index is 1.86. The van der Waals surface area contributed by atoms with Crippen molar-refractivity contribution >= 4 is 23.9 Å². The summed E-state index contributed by atoms with van der Waals surface area (Å²) in [6.07, 6.45) is 6.32. The standard InChI is InChI=1S/C33H51N3O7/c1-30(2,3)42-24-16-14-23(15-17-24)22-25(34-29(40)43-31(4,5)6)26(37)35-32(18-10-8-11-19-32)27(38)36-33(28(39)41-7)20-12-9-13-21-33/h14-17,25H,8-13,18-22H2,1-7H3,(H,34,40)(H,35,37)(H,36,38)/t25-/m0/s1. The molecule has 10 nitrogen and oxygen atoms in total. The SMILES string of the molecule is COC(=O)C1(NC(=O)C2(NC(=O)[C@H](Cc3ccc(OC(C)(C)C)cc3)NC(=O)OC(C)(C)C)CCCCC2)CCCCC1. The minimum absolute atomic E-state index is 0.171. The van der Waals surface area contributed by atoms with Crippen LogP contribution in [0, 0.1) is 0 Å². The number of nitrogens with one attached hydrogen (secondary N) is 3. The van der Waals surface area contributed by atoms with Crippen molar-refractivity contribution < 1.29 is 33.4 Å². The van der Waals surface area contributed by atoms with Gasteiger partial charge in [-0.05, 0) is 84.9 Å². The first-order chi connectivity index (χ1) is 20.1. The summed E-state index contributed by atoms with van der Waals surface area (Å²) in [5.41, 5.74) is -2.65. The molecule has 0 unspecified atom stereocenters. The smallest absolute Gasteiger partial charge is 0.408 e. The number of rotatable bonds is 9. The van der Waals surface area contributed by atoms with Crippen LogP contribution in [0.3, 0.4) is 0 Å². The highest BCUT2D eigenvalue weighted by Crippen LogP contribution is 2.33. The summed E-state index contributed by atoms with van der Waals surface area (Å²) in [6, 6.07) is 6.35. The molecule has 0 radical (unpaired) electrons. The van der Waals surface area contributed by atoms with Crippen LogP contribution in [0.15, 0.2) is 24.3 Å². The summed E-state index contributed by atoms with van der Waals surface area (Å²) in [4.78, 5) is 53.7. The molecule has 3 N–H and O–H groups in total. The van der Waals surface area contributed by atoms with Crippen LogP contribution >= 0.6 is 0 Å². The molecule has 1 atom stereocenters. The molecule has 0 spiro atoms. The van der Waals surface area contributed by atoms with Crippen LogP contribution in [-0.2, 0) is 30.3 Å². The second kappa shape index (κ2) is 14.0. The van der Waals surface area contributed by atoms with Gasteiger partial charge in [-0.25, -0.2) is 9.59 Å². The summed E-state index contributed by atoms with van der Waals surface area (Å²) in [5, 5.41) is 8.79. The molecule has 2 aliphatic rings. The van der Waals surface area contributed by atoms with Crippen molar-refractivity contribution in [3.63, 3.8) is 0 Å². The Morgan fingerprint density at radius 3 is 1.79 bits per heavy atom. The van der Waals surface area contributed by atoms with Gasteiger partial charge in [0.2, 0.25) is 11.8 Å². The van der Waals surface area contributed by atoms with Crippen LogP contribution in [0.4, 0.5) is 4.79 Å². The van der Waals surface area contributed by atoms with Crippen LogP contribution in [-0.4, -0.2) is 59.3 Å². The molecule has 0 aromatic heterocycles. The van der Waals surface area contributed by atoms with Crippen molar-refractivity contribution in [1.82, 2.24) is 16.0 Å². The zero-order valence-electron chi connectivity index (χ0n) is 27.0. The van der Waals surface area contributed by atoms with Crippen LogP contribution in [0.25, 0.3) is 0 Å². The second-order valence-corrected chi connectivity index (χ2v) is 14.0. The van der Waals surface area contributed by atoms with E-state index in [1.165, 1.54) is 7.11 Å². The van der Waals surface area contributed by atoms with Crippen LogP contribution in [0.5, 0.6) is 5.75 Å². The maximum Gasteiger partial charge on any atom is 0.408 e. The van der Waals surface area contributed by atoms with E-state index in [4.69, 9.17) is 14.2 Å². The lowest BCUT2D eigenvalue weighted by Gasteiger charge is -2.42. The number of amides is 3. The number of carbonyl (C=O) groups is 4. The van der Waals surface area contributed by atoms with E-state index in [-0.39, 0.29) is 17.9 Å². The van der Waals surface area contributed by atoms with Crippen molar-refractivity contribution in [3.8, 4) is 5.75 Å². The predicted molar refractivity (Wildman–Crippen MR) is 164 cm³/mol. The topological polar surface area (TPSA) is 132 Å². The van der Waals surface area contributed by atoms with Gasteiger partial charge >= 0.3 is 12.1 Å². The van der Waals surface area contributed by atoms with E-state index in [1.807, 2.05) is 45.0 Å². The summed E-state index contributed by atoms with van der Waals surface area (Å²) in [7, 11) is 1.33. The van der Waals surface area contributed by atoms with Gasteiger partial charge in [0.15, 0.2) is 0 Å². The predicted octanol–water partition coefficient (Wildman–Crippen LogP) is 5.11. The zero-order valence-corrected chi connectivity index (χ0v) is 27.0. The van der Waals surface area contributed by atoms with Crippen molar-refractivity contribution in [2.75, 3.05) is 7.11 Å². The van der Waals surface area contributed by atoms with Gasteiger partial charge in [-0.2, -0.15) is 0 Å². The number of carbonyl (C=O) groups excluding carboxylic acids is 4. The fourth-order valence-corrected chi connectivity index (χ4v) is 5.90. The highest BCUT2D eigenvalue weighted by atomic mass is 16.6. The Bertz CT molecular complexity index is 1120.